The molecule has 1 aromatic heterocycles. The first-order valence-electron chi connectivity index (χ1n) is 7.12. The molecule has 0 aliphatic carbocycles. The van der Waals surface area contributed by atoms with Crippen molar-refractivity contribution in [1.29, 1.82) is 5.26 Å². The Hall–Kier alpha value is -2.74. The van der Waals surface area contributed by atoms with Gasteiger partial charge in [0.25, 0.3) is 0 Å². The number of rotatable bonds is 3. The van der Waals surface area contributed by atoms with Crippen LogP contribution in [0.4, 0.5) is 8.78 Å². The molecule has 0 radical (unpaired) electrons. The van der Waals surface area contributed by atoms with Crippen LogP contribution in [-0.4, -0.2) is 11.7 Å². The van der Waals surface area contributed by atoms with Crippen LogP contribution in [0.1, 0.15) is 5.56 Å². The zero-order valence-corrected chi connectivity index (χ0v) is 16.0. The minimum absolute atomic E-state index is 0. The summed E-state index contributed by atoms with van der Waals surface area (Å²) in [4.78, 5) is 7.45. The van der Waals surface area contributed by atoms with Crippen LogP contribution < -0.4 is 0 Å². The largest absolute Gasteiger partial charge is 3.00 e. The Morgan fingerprint density at radius 3 is 2.27 bits per heavy atom. The average molecular weight is 527 g/mol. The Bertz CT molecular complexity index is 794. The van der Waals surface area contributed by atoms with Gasteiger partial charge in [-0.15, -0.1) is 12.1 Å². The van der Waals surface area contributed by atoms with E-state index in [9.17, 15) is 8.78 Å². The first-order chi connectivity index (χ1) is 12.2. The third-order valence-corrected chi connectivity index (χ3v) is 2.90. The SMILES string of the molecule is Fc1c[c-]c(-c2ccccn2)c(F)c1.[C-]#N.[CH-]=NCc1ccccc1.[Ir+3]. The number of benzene rings is 2. The van der Waals surface area contributed by atoms with E-state index in [4.69, 9.17) is 18.6 Å². The predicted octanol–water partition coefficient (Wildman–Crippen LogP) is 4.69. The van der Waals surface area contributed by atoms with Crippen LogP contribution in [0.15, 0.2) is 71.9 Å². The van der Waals surface area contributed by atoms with Crippen LogP contribution in [0, 0.1) is 29.5 Å². The quantitative estimate of drug-likeness (QED) is 0.368. The first kappa shape index (κ1) is 23.3. The fourth-order valence-corrected chi connectivity index (χ4v) is 1.84. The van der Waals surface area contributed by atoms with Crippen molar-refractivity contribution in [2.45, 2.75) is 6.54 Å². The van der Waals surface area contributed by atoms with E-state index >= 15 is 0 Å². The van der Waals surface area contributed by atoms with Gasteiger partial charge in [0.2, 0.25) is 0 Å². The van der Waals surface area contributed by atoms with Crippen molar-refractivity contribution >= 4 is 6.72 Å². The van der Waals surface area contributed by atoms with Crippen LogP contribution in [0.3, 0.4) is 0 Å². The predicted molar refractivity (Wildman–Crippen MR) is 92.0 cm³/mol. The van der Waals surface area contributed by atoms with Crippen LogP contribution in [0.2, 0.25) is 0 Å². The Morgan fingerprint density at radius 1 is 1.08 bits per heavy atom. The summed E-state index contributed by atoms with van der Waals surface area (Å²) in [5.74, 6) is -1.29. The van der Waals surface area contributed by atoms with E-state index in [1.807, 2.05) is 30.3 Å². The molecule has 0 bridgehead atoms. The maximum Gasteiger partial charge on any atom is 3.00 e. The molecule has 6 heteroatoms. The van der Waals surface area contributed by atoms with E-state index < -0.39 is 11.6 Å². The molecule has 0 aliphatic heterocycles. The maximum absolute atomic E-state index is 13.2. The number of pyridine rings is 1. The molecule has 0 spiro atoms. The van der Waals surface area contributed by atoms with Gasteiger partial charge in [-0.3, -0.25) is 8.78 Å². The molecule has 1 heterocycles. The van der Waals surface area contributed by atoms with E-state index in [-0.39, 0.29) is 25.7 Å². The Balaban J connectivity index is 0.000000455. The van der Waals surface area contributed by atoms with E-state index in [2.05, 4.69) is 16.0 Å². The molecule has 0 N–H and O–H groups in total. The van der Waals surface area contributed by atoms with Crippen LogP contribution in [0.5, 0.6) is 0 Å². The van der Waals surface area contributed by atoms with Gasteiger partial charge in [0, 0.05) is 24.4 Å². The van der Waals surface area contributed by atoms with E-state index in [0.29, 0.717) is 12.2 Å². The van der Waals surface area contributed by atoms with E-state index in [0.717, 1.165) is 17.7 Å². The van der Waals surface area contributed by atoms with Gasteiger partial charge < -0.3 is 28.5 Å². The number of nitrogens with zero attached hydrogens (tertiary/aromatic N) is 3. The molecule has 26 heavy (non-hydrogen) atoms. The van der Waals surface area contributed by atoms with Crippen molar-refractivity contribution in [1.82, 2.24) is 4.98 Å². The van der Waals surface area contributed by atoms with Gasteiger partial charge in [-0.1, -0.05) is 54.1 Å². The zero-order chi connectivity index (χ0) is 18.5. The van der Waals surface area contributed by atoms with Crippen molar-refractivity contribution < 1.29 is 28.9 Å². The molecule has 3 nitrogen and oxygen atoms in total. The van der Waals surface area contributed by atoms with Crippen molar-refractivity contribution in [3.8, 4) is 11.3 Å². The molecule has 0 saturated heterocycles. The summed E-state index contributed by atoms with van der Waals surface area (Å²) in [6.07, 6.45) is 1.55. The van der Waals surface area contributed by atoms with E-state index in [1.54, 1.807) is 24.4 Å². The normalized spacial score (nSPS) is 8.62. The van der Waals surface area contributed by atoms with Crippen LogP contribution in [0.25, 0.3) is 11.3 Å². The average Bonchev–Trinajstić information content (AvgIpc) is 2.66. The summed E-state index contributed by atoms with van der Waals surface area (Å²) in [7, 11) is 0. The summed E-state index contributed by atoms with van der Waals surface area (Å²) in [6, 6.07) is 19.4. The van der Waals surface area contributed by atoms with Crippen molar-refractivity contribution in [2.75, 3.05) is 0 Å². The Labute approximate surface area is 165 Å². The van der Waals surface area contributed by atoms with Crippen molar-refractivity contribution in [2.24, 2.45) is 4.99 Å². The summed E-state index contributed by atoms with van der Waals surface area (Å²) < 4.78 is 25.8. The first-order valence-corrected chi connectivity index (χ1v) is 7.12. The number of hydrogen-bond donors (Lipinski definition) is 0. The fourth-order valence-electron chi connectivity index (χ4n) is 1.84. The Kier molecular flexibility index (Phi) is 12.1. The summed E-state index contributed by atoms with van der Waals surface area (Å²) in [5.41, 5.74) is 1.79. The number of aliphatic imine (C=N–C) groups is 1. The Morgan fingerprint density at radius 2 is 1.73 bits per heavy atom. The topological polar surface area (TPSA) is 49.0 Å². The third-order valence-electron chi connectivity index (χ3n) is 2.90. The van der Waals surface area contributed by atoms with Gasteiger partial charge in [0.1, 0.15) is 0 Å². The van der Waals surface area contributed by atoms with Gasteiger partial charge in [-0.2, -0.15) is 0 Å². The van der Waals surface area contributed by atoms with Gasteiger partial charge in [-0.25, -0.2) is 0 Å². The summed E-state index contributed by atoms with van der Waals surface area (Å²) in [6.45, 7) is 10.3. The summed E-state index contributed by atoms with van der Waals surface area (Å²) in [5, 5.41) is 6.25. The number of aromatic nitrogens is 1. The van der Waals surface area contributed by atoms with Gasteiger partial charge in [0.15, 0.2) is 0 Å². The molecule has 3 aromatic rings. The standard InChI is InChI=1S/C11H6F2N.C8H8N.CN.Ir/c12-8-4-5-9(10(13)7-8)11-3-1-2-6-14-11;1-9-7-8-5-3-2-4-6-8;1-2;/h1-4,6-7H;1-6H,7H2;;/q3*-1;+3. The number of hydrogen-bond acceptors (Lipinski definition) is 3. The molecule has 0 fully saturated rings. The molecular formula is C20H14F2IrN3. The van der Waals surface area contributed by atoms with Gasteiger partial charge >= 0.3 is 20.1 Å². The smallest absolute Gasteiger partial charge is 0.512 e. The molecule has 2 aromatic carbocycles. The molecular weight excluding hydrogens is 512 g/mol. The summed E-state index contributed by atoms with van der Waals surface area (Å²) >= 11 is 0. The molecule has 0 amide bonds. The molecule has 0 atom stereocenters. The number of halogens is 2. The third kappa shape index (κ3) is 7.89. The van der Waals surface area contributed by atoms with E-state index in [1.165, 1.54) is 0 Å². The zero-order valence-electron chi connectivity index (χ0n) is 13.6. The van der Waals surface area contributed by atoms with Crippen molar-refractivity contribution in [3.63, 3.8) is 0 Å². The van der Waals surface area contributed by atoms with Gasteiger partial charge in [0.05, 0.1) is 0 Å². The minimum Gasteiger partial charge on any atom is -0.512 e. The molecule has 0 saturated carbocycles. The molecule has 3 rings (SSSR count). The second-order valence-corrected chi connectivity index (χ2v) is 4.58. The maximum atomic E-state index is 13.2. The molecule has 0 unspecified atom stereocenters. The monoisotopic (exact) mass is 527 g/mol. The van der Waals surface area contributed by atoms with Gasteiger partial charge in [-0.05, 0) is 17.3 Å². The van der Waals surface area contributed by atoms with Crippen molar-refractivity contribution in [3.05, 3.63) is 96.7 Å². The minimum atomic E-state index is -0.649. The molecule has 0 aliphatic rings. The second kappa shape index (κ2) is 13.5. The fraction of sp³-hybridized carbons (Fsp3) is 0.0500. The molecule has 132 valence electrons. The second-order valence-electron chi connectivity index (χ2n) is 4.58. The van der Waals surface area contributed by atoms with Crippen LogP contribution >= 0.6 is 0 Å². The van der Waals surface area contributed by atoms with Crippen LogP contribution in [-0.2, 0) is 26.7 Å².